The van der Waals surface area contributed by atoms with Gasteiger partial charge in [0, 0.05) is 18.9 Å². The van der Waals surface area contributed by atoms with Crippen LogP contribution in [0, 0.1) is 11.8 Å². The summed E-state index contributed by atoms with van der Waals surface area (Å²) in [7, 11) is 1.47. The molecule has 1 saturated heterocycles. The zero-order valence-electron chi connectivity index (χ0n) is 9.27. The van der Waals surface area contributed by atoms with Crippen LogP contribution in [0.15, 0.2) is 0 Å². The van der Waals surface area contributed by atoms with Crippen molar-refractivity contribution in [1.82, 2.24) is 4.90 Å². The fraction of sp³-hybridized carbons (Fsp3) is 0.800. The van der Waals surface area contributed by atoms with Crippen LogP contribution in [0.4, 0.5) is 0 Å². The normalized spacial score (nSPS) is 28.7. The van der Waals surface area contributed by atoms with Gasteiger partial charge in [-0.1, -0.05) is 13.8 Å². The molecule has 1 N–H and O–H groups in total. The van der Waals surface area contributed by atoms with E-state index in [0.29, 0.717) is 0 Å². The van der Waals surface area contributed by atoms with Crippen LogP contribution >= 0.6 is 0 Å². The van der Waals surface area contributed by atoms with Crippen LogP contribution in [0.5, 0.6) is 0 Å². The molecule has 2 amide bonds. The topological polar surface area (TPSA) is 66.8 Å². The number of carbonyl (C=O) groups excluding carboxylic acids is 2. The third kappa shape index (κ3) is 2.03. The molecule has 0 bridgehead atoms. The number of rotatable bonds is 4. The van der Waals surface area contributed by atoms with Crippen molar-refractivity contribution < 1.29 is 19.4 Å². The SMILES string of the molecule is COCC(CO)N1C(=O)C(C)C(C)C1=O. The molecule has 1 heterocycles. The Morgan fingerprint density at radius 2 is 1.80 bits per heavy atom. The maximum absolute atomic E-state index is 11.7. The quantitative estimate of drug-likeness (QED) is 0.650. The fourth-order valence-electron chi connectivity index (χ4n) is 1.74. The minimum absolute atomic E-state index is 0.174. The van der Waals surface area contributed by atoms with E-state index in [1.165, 1.54) is 7.11 Å². The number of ether oxygens (including phenoxy) is 1. The van der Waals surface area contributed by atoms with Crippen LogP contribution in [-0.4, -0.2) is 48.2 Å². The lowest BCUT2D eigenvalue weighted by Gasteiger charge is -2.23. The number of aliphatic hydroxyl groups is 1. The molecule has 0 aromatic carbocycles. The third-order valence-electron chi connectivity index (χ3n) is 2.94. The highest BCUT2D eigenvalue weighted by Gasteiger charge is 2.45. The second kappa shape index (κ2) is 4.72. The molecule has 1 fully saturated rings. The van der Waals surface area contributed by atoms with Crippen molar-refractivity contribution in [2.24, 2.45) is 11.8 Å². The molecule has 15 heavy (non-hydrogen) atoms. The summed E-state index contributed by atoms with van der Waals surface area (Å²) in [5.74, 6) is -1.04. The molecule has 1 rings (SSSR count). The van der Waals surface area contributed by atoms with Gasteiger partial charge in [-0.2, -0.15) is 0 Å². The molecular weight excluding hydrogens is 198 g/mol. The number of likely N-dealkylation sites (tertiary alicyclic amines) is 1. The first-order valence-corrected chi connectivity index (χ1v) is 5.01. The number of carbonyl (C=O) groups is 2. The predicted molar refractivity (Wildman–Crippen MR) is 52.9 cm³/mol. The van der Waals surface area contributed by atoms with Gasteiger partial charge in [-0.15, -0.1) is 0 Å². The van der Waals surface area contributed by atoms with Crippen LogP contribution in [0.3, 0.4) is 0 Å². The maximum Gasteiger partial charge on any atom is 0.233 e. The van der Waals surface area contributed by atoms with Crippen molar-refractivity contribution in [1.29, 1.82) is 0 Å². The van der Waals surface area contributed by atoms with E-state index in [4.69, 9.17) is 9.84 Å². The van der Waals surface area contributed by atoms with E-state index in [2.05, 4.69) is 0 Å². The Balaban J connectivity index is 2.84. The maximum atomic E-state index is 11.7. The first kappa shape index (κ1) is 12.1. The summed E-state index contributed by atoms with van der Waals surface area (Å²) in [6.45, 7) is 3.37. The molecule has 0 radical (unpaired) electrons. The molecule has 0 saturated carbocycles. The van der Waals surface area contributed by atoms with Crippen LogP contribution < -0.4 is 0 Å². The standard InChI is InChI=1S/C10H17NO4/c1-6-7(2)10(14)11(9(6)13)8(4-12)5-15-3/h6-8,12H,4-5H2,1-3H3. The molecule has 0 aromatic rings. The van der Waals surface area contributed by atoms with Gasteiger partial charge in [0.15, 0.2) is 0 Å². The number of amides is 2. The van der Waals surface area contributed by atoms with Crippen molar-refractivity contribution in [2.45, 2.75) is 19.9 Å². The molecule has 5 nitrogen and oxygen atoms in total. The zero-order chi connectivity index (χ0) is 11.6. The molecule has 1 aliphatic heterocycles. The average Bonchev–Trinajstić information content (AvgIpc) is 2.41. The van der Waals surface area contributed by atoms with Crippen LogP contribution in [0.25, 0.3) is 0 Å². The molecule has 86 valence electrons. The van der Waals surface area contributed by atoms with Gasteiger partial charge in [0.25, 0.3) is 0 Å². The number of imide groups is 1. The summed E-state index contributed by atoms with van der Waals surface area (Å²) in [5.41, 5.74) is 0. The Morgan fingerprint density at radius 3 is 2.13 bits per heavy atom. The highest BCUT2D eigenvalue weighted by Crippen LogP contribution is 2.27. The average molecular weight is 215 g/mol. The number of hydrogen-bond donors (Lipinski definition) is 1. The Bertz CT molecular complexity index is 246. The molecule has 3 atom stereocenters. The summed E-state index contributed by atoms with van der Waals surface area (Å²) in [6, 6.07) is -0.553. The number of hydrogen-bond acceptors (Lipinski definition) is 4. The van der Waals surface area contributed by atoms with Gasteiger partial charge in [0.2, 0.25) is 11.8 Å². The largest absolute Gasteiger partial charge is 0.394 e. The van der Waals surface area contributed by atoms with Gasteiger partial charge in [-0.25, -0.2) is 0 Å². The minimum Gasteiger partial charge on any atom is -0.394 e. The first-order chi connectivity index (χ1) is 7.04. The third-order valence-corrected chi connectivity index (χ3v) is 2.94. The van der Waals surface area contributed by atoms with E-state index in [-0.39, 0.29) is 36.9 Å². The summed E-state index contributed by atoms with van der Waals surface area (Å²) < 4.78 is 4.87. The van der Waals surface area contributed by atoms with Crippen molar-refractivity contribution in [3.8, 4) is 0 Å². The second-order valence-electron chi connectivity index (χ2n) is 3.92. The molecular formula is C10H17NO4. The van der Waals surface area contributed by atoms with Crippen molar-refractivity contribution in [2.75, 3.05) is 20.3 Å². The predicted octanol–water partition coefficient (Wildman–Crippen LogP) is -0.365. The number of nitrogens with zero attached hydrogens (tertiary/aromatic N) is 1. The van der Waals surface area contributed by atoms with Gasteiger partial charge in [-0.3, -0.25) is 14.5 Å². The zero-order valence-corrected chi connectivity index (χ0v) is 9.27. The number of methoxy groups -OCH3 is 1. The Morgan fingerprint density at radius 1 is 1.33 bits per heavy atom. The van der Waals surface area contributed by atoms with E-state index in [1.807, 2.05) is 0 Å². The molecule has 1 aliphatic rings. The van der Waals surface area contributed by atoms with Crippen LogP contribution in [-0.2, 0) is 14.3 Å². The van der Waals surface area contributed by atoms with Gasteiger partial charge in [0.1, 0.15) is 0 Å². The van der Waals surface area contributed by atoms with Gasteiger partial charge in [0.05, 0.1) is 19.3 Å². The first-order valence-electron chi connectivity index (χ1n) is 5.01. The number of aliphatic hydroxyl groups excluding tert-OH is 1. The monoisotopic (exact) mass is 215 g/mol. The van der Waals surface area contributed by atoms with Crippen LogP contribution in [0.1, 0.15) is 13.8 Å². The van der Waals surface area contributed by atoms with Gasteiger partial charge >= 0.3 is 0 Å². The molecule has 0 spiro atoms. The van der Waals surface area contributed by atoms with Gasteiger partial charge in [-0.05, 0) is 0 Å². The summed E-state index contributed by atoms with van der Waals surface area (Å²) in [6.07, 6.45) is 0. The lowest BCUT2D eigenvalue weighted by Crippen LogP contribution is -2.45. The Hall–Kier alpha value is -0.940. The lowest BCUT2D eigenvalue weighted by molar-refractivity contribution is -0.145. The van der Waals surface area contributed by atoms with Crippen molar-refractivity contribution in [3.05, 3.63) is 0 Å². The van der Waals surface area contributed by atoms with E-state index in [1.54, 1.807) is 13.8 Å². The summed E-state index contributed by atoms with van der Waals surface area (Å²) in [5, 5.41) is 9.10. The lowest BCUT2D eigenvalue weighted by atomic mass is 10.00. The van der Waals surface area contributed by atoms with E-state index in [0.717, 1.165) is 4.90 Å². The molecule has 0 aliphatic carbocycles. The van der Waals surface area contributed by atoms with Crippen molar-refractivity contribution >= 4 is 11.8 Å². The molecule has 0 aromatic heterocycles. The second-order valence-corrected chi connectivity index (χ2v) is 3.92. The molecule has 3 unspecified atom stereocenters. The fourth-order valence-corrected chi connectivity index (χ4v) is 1.74. The highest BCUT2D eigenvalue weighted by molar-refractivity contribution is 6.05. The summed E-state index contributed by atoms with van der Waals surface area (Å²) >= 11 is 0. The van der Waals surface area contributed by atoms with E-state index < -0.39 is 6.04 Å². The van der Waals surface area contributed by atoms with Crippen LogP contribution in [0.2, 0.25) is 0 Å². The van der Waals surface area contributed by atoms with E-state index in [9.17, 15) is 9.59 Å². The summed E-state index contributed by atoms with van der Waals surface area (Å²) in [4.78, 5) is 24.6. The molecule has 5 heteroatoms. The highest BCUT2D eigenvalue weighted by atomic mass is 16.5. The smallest absolute Gasteiger partial charge is 0.233 e. The van der Waals surface area contributed by atoms with E-state index >= 15 is 0 Å². The Labute approximate surface area is 89.0 Å². The minimum atomic E-state index is -0.553. The van der Waals surface area contributed by atoms with Gasteiger partial charge < -0.3 is 9.84 Å². The Kier molecular flexibility index (Phi) is 3.82. The van der Waals surface area contributed by atoms with Crippen molar-refractivity contribution in [3.63, 3.8) is 0 Å².